The summed E-state index contributed by atoms with van der Waals surface area (Å²) in [5.74, 6) is 0.786. The van der Waals surface area contributed by atoms with Gasteiger partial charge in [-0.25, -0.2) is 0 Å². The largest absolute Gasteiger partial charge is 0.388 e. The maximum atomic E-state index is 10.4. The molecule has 6 nitrogen and oxygen atoms in total. The average molecular weight is 553 g/mol. The van der Waals surface area contributed by atoms with Crippen molar-refractivity contribution in [2.75, 3.05) is 45.9 Å². The molecular formula is C25H37IN4O2. The van der Waals surface area contributed by atoms with Crippen LogP contribution < -0.4 is 10.6 Å². The number of nitrogens with zero attached hydrogens (tertiary/aromatic N) is 2. The summed E-state index contributed by atoms with van der Waals surface area (Å²) in [5.41, 5.74) is 3.50. The van der Waals surface area contributed by atoms with Crippen LogP contribution in [0.2, 0.25) is 0 Å². The van der Waals surface area contributed by atoms with Crippen LogP contribution in [0.25, 0.3) is 0 Å². The highest BCUT2D eigenvalue weighted by Crippen LogP contribution is 2.23. The molecule has 1 fully saturated rings. The maximum absolute atomic E-state index is 10.4. The van der Waals surface area contributed by atoms with E-state index in [1.807, 2.05) is 30.3 Å². The van der Waals surface area contributed by atoms with Gasteiger partial charge in [-0.05, 0) is 31.4 Å². The quantitative estimate of drug-likeness (QED) is 0.252. The van der Waals surface area contributed by atoms with E-state index >= 15 is 0 Å². The van der Waals surface area contributed by atoms with Crippen LogP contribution in [-0.2, 0) is 4.74 Å². The number of hydrogen-bond acceptors (Lipinski definition) is 4. The molecule has 176 valence electrons. The normalized spacial score (nSPS) is 16.7. The molecule has 1 aliphatic rings. The average Bonchev–Trinajstić information content (AvgIpc) is 2.80. The van der Waals surface area contributed by atoms with Gasteiger partial charge in [0, 0.05) is 26.2 Å². The van der Waals surface area contributed by atoms with Crippen LogP contribution in [0.1, 0.15) is 42.2 Å². The second-order valence-electron chi connectivity index (χ2n) is 7.94. The number of halogens is 1. The molecule has 1 heterocycles. The van der Waals surface area contributed by atoms with E-state index < -0.39 is 6.10 Å². The molecule has 0 bridgehead atoms. The molecule has 0 saturated carbocycles. The fourth-order valence-electron chi connectivity index (χ4n) is 3.89. The summed E-state index contributed by atoms with van der Waals surface area (Å²) >= 11 is 0. The lowest BCUT2D eigenvalue weighted by atomic mass is 10.0. The molecule has 3 N–H and O–H groups in total. The third-order valence-corrected chi connectivity index (χ3v) is 5.57. The predicted molar refractivity (Wildman–Crippen MR) is 142 cm³/mol. The van der Waals surface area contributed by atoms with Crippen LogP contribution in [0.5, 0.6) is 0 Å². The van der Waals surface area contributed by atoms with Crippen molar-refractivity contribution in [1.82, 2.24) is 15.5 Å². The molecule has 32 heavy (non-hydrogen) atoms. The zero-order valence-electron chi connectivity index (χ0n) is 19.2. The Labute approximate surface area is 209 Å². The van der Waals surface area contributed by atoms with Gasteiger partial charge in [0.1, 0.15) is 0 Å². The Balaban J connectivity index is 0.00000363. The molecule has 3 rings (SSSR count). The van der Waals surface area contributed by atoms with E-state index in [1.165, 1.54) is 11.1 Å². The van der Waals surface area contributed by atoms with E-state index in [1.54, 1.807) is 0 Å². The van der Waals surface area contributed by atoms with E-state index in [2.05, 4.69) is 53.6 Å². The molecular weight excluding hydrogens is 515 g/mol. The van der Waals surface area contributed by atoms with Gasteiger partial charge in [0.05, 0.1) is 31.9 Å². The third kappa shape index (κ3) is 8.35. The predicted octanol–water partition coefficient (Wildman–Crippen LogP) is 3.67. The number of aryl methyl sites for hydroxylation is 1. The van der Waals surface area contributed by atoms with Gasteiger partial charge >= 0.3 is 0 Å². The summed E-state index contributed by atoms with van der Waals surface area (Å²) in [6.07, 6.45) is 0.143. The Morgan fingerprint density at radius 3 is 2.47 bits per heavy atom. The maximum Gasteiger partial charge on any atom is 0.191 e. The minimum absolute atomic E-state index is 0. The third-order valence-electron chi connectivity index (χ3n) is 5.57. The first-order valence-corrected chi connectivity index (χ1v) is 11.3. The van der Waals surface area contributed by atoms with Gasteiger partial charge in [0.2, 0.25) is 0 Å². The summed E-state index contributed by atoms with van der Waals surface area (Å²) in [6, 6.07) is 18.7. The van der Waals surface area contributed by atoms with Crippen molar-refractivity contribution in [2.24, 2.45) is 4.99 Å². The van der Waals surface area contributed by atoms with Crippen molar-refractivity contribution < 1.29 is 9.84 Å². The molecule has 1 saturated heterocycles. The smallest absolute Gasteiger partial charge is 0.191 e. The number of aliphatic hydroxyl groups is 1. The van der Waals surface area contributed by atoms with Crippen LogP contribution in [0, 0.1) is 6.92 Å². The highest BCUT2D eigenvalue weighted by atomic mass is 127. The van der Waals surface area contributed by atoms with Gasteiger partial charge < -0.3 is 20.5 Å². The number of benzene rings is 2. The molecule has 0 radical (unpaired) electrons. The Hall–Kier alpha value is -1.68. The second-order valence-corrected chi connectivity index (χ2v) is 7.94. The number of guanidine groups is 1. The Morgan fingerprint density at radius 2 is 1.78 bits per heavy atom. The number of nitrogens with one attached hydrogen (secondary N) is 2. The van der Waals surface area contributed by atoms with Crippen molar-refractivity contribution >= 4 is 29.9 Å². The summed E-state index contributed by atoms with van der Waals surface area (Å²) in [5, 5.41) is 17.1. The van der Waals surface area contributed by atoms with Crippen LogP contribution in [0.3, 0.4) is 0 Å². The first-order chi connectivity index (χ1) is 15.2. The highest BCUT2D eigenvalue weighted by molar-refractivity contribution is 14.0. The van der Waals surface area contributed by atoms with Crippen molar-refractivity contribution in [1.29, 1.82) is 0 Å². The monoisotopic (exact) mass is 552 g/mol. The minimum Gasteiger partial charge on any atom is -0.388 e. The summed E-state index contributed by atoms with van der Waals surface area (Å²) < 4.78 is 5.56. The van der Waals surface area contributed by atoms with Crippen LogP contribution >= 0.6 is 24.0 Å². The lowest BCUT2D eigenvalue weighted by Crippen LogP contribution is -2.42. The van der Waals surface area contributed by atoms with Crippen LogP contribution in [0.15, 0.2) is 59.6 Å². The lowest BCUT2D eigenvalue weighted by Gasteiger charge is -2.34. The van der Waals surface area contributed by atoms with Gasteiger partial charge in [-0.15, -0.1) is 24.0 Å². The minimum atomic E-state index is -0.482. The fraction of sp³-hybridized carbons (Fsp3) is 0.480. The van der Waals surface area contributed by atoms with E-state index in [0.717, 1.165) is 44.4 Å². The first kappa shape index (κ1) is 26.6. The number of rotatable bonds is 9. The van der Waals surface area contributed by atoms with E-state index in [-0.39, 0.29) is 30.0 Å². The number of hydrogen-bond donors (Lipinski definition) is 3. The molecule has 0 amide bonds. The number of morpholine rings is 1. The Kier molecular flexibility index (Phi) is 12.0. The summed E-state index contributed by atoms with van der Waals surface area (Å²) in [4.78, 5) is 7.36. The Bertz CT molecular complexity index is 813. The van der Waals surface area contributed by atoms with Gasteiger partial charge in [0.15, 0.2) is 5.96 Å². The second kappa shape index (κ2) is 14.5. The summed E-state index contributed by atoms with van der Waals surface area (Å²) in [7, 11) is 0. The number of aliphatic hydroxyl groups excluding tert-OH is 1. The molecule has 2 aromatic carbocycles. The van der Waals surface area contributed by atoms with Crippen molar-refractivity contribution in [3.05, 3.63) is 71.3 Å². The van der Waals surface area contributed by atoms with Gasteiger partial charge in [-0.3, -0.25) is 9.89 Å². The number of ether oxygens (including phenoxy) is 1. The van der Waals surface area contributed by atoms with Crippen molar-refractivity contribution in [3.8, 4) is 0 Å². The molecule has 1 aliphatic heterocycles. The SMILES string of the molecule is CCNC(=NCC(c1cccc(C)c1)N1CCOCC1)NCCC(O)c1ccccc1.I. The van der Waals surface area contributed by atoms with E-state index in [9.17, 15) is 5.11 Å². The van der Waals surface area contributed by atoms with Crippen molar-refractivity contribution in [2.45, 2.75) is 32.4 Å². The molecule has 2 aromatic rings. The molecule has 2 unspecified atom stereocenters. The summed E-state index contributed by atoms with van der Waals surface area (Å²) in [6.45, 7) is 9.67. The fourth-order valence-corrected chi connectivity index (χ4v) is 3.89. The van der Waals surface area contributed by atoms with E-state index in [0.29, 0.717) is 19.5 Å². The molecule has 0 spiro atoms. The highest BCUT2D eigenvalue weighted by Gasteiger charge is 2.22. The van der Waals surface area contributed by atoms with Crippen LogP contribution in [-0.4, -0.2) is 61.9 Å². The zero-order chi connectivity index (χ0) is 21.9. The van der Waals surface area contributed by atoms with Crippen molar-refractivity contribution in [3.63, 3.8) is 0 Å². The van der Waals surface area contributed by atoms with Gasteiger partial charge in [-0.1, -0.05) is 60.2 Å². The van der Waals surface area contributed by atoms with E-state index in [4.69, 9.17) is 9.73 Å². The first-order valence-electron chi connectivity index (χ1n) is 11.3. The Morgan fingerprint density at radius 1 is 1.06 bits per heavy atom. The van der Waals surface area contributed by atoms with Gasteiger partial charge in [0.25, 0.3) is 0 Å². The number of aliphatic imine (C=N–C) groups is 1. The molecule has 2 atom stereocenters. The molecule has 0 aliphatic carbocycles. The standard InChI is InChI=1S/C25H36N4O2.HI/c1-3-26-25(27-13-12-24(30)21-9-5-4-6-10-21)28-19-23(29-14-16-31-17-15-29)22-11-7-8-20(2)18-22;/h4-11,18,23-24,30H,3,12-17,19H2,1-2H3,(H2,26,27,28);1H. The zero-order valence-corrected chi connectivity index (χ0v) is 21.5. The van der Waals surface area contributed by atoms with Gasteiger partial charge in [-0.2, -0.15) is 0 Å². The molecule has 7 heteroatoms. The lowest BCUT2D eigenvalue weighted by molar-refractivity contribution is 0.0179. The molecule has 0 aromatic heterocycles. The topological polar surface area (TPSA) is 69.1 Å². The van der Waals surface area contributed by atoms with Crippen LogP contribution in [0.4, 0.5) is 0 Å².